The number of carbonyl (C=O) groups excluding carboxylic acids is 1. The van der Waals surface area contributed by atoms with E-state index in [0.29, 0.717) is 10.9 Å². The number of nitrogens with one attached hydrogen (secondary N) is 1. The highest BCUT2D eigenvalue weighted by Crippen LogP contribution is 2.17. The lowest BCUT2D eigenvalue weighted by Gasteiger charge is -2.11. The number of hydrogen-bond donors (Lipinski definition) is 2. The zero-order valence-electron chi connectivity index (χ0n) is 9.54. The SMILES string of the molecule is CCCC(O)CNC(=O)c1cc(F)ccc1Br. The molecule has 1 rings (SSSR count). The van der Waals surface area contributed by atoms with Gasteiger partial charge in [-0.25, -0.2) is 4.39 Å². The molecule has 1 aromatic carbocycles. The third-order valence-corrected chi connectivity index (χ3v) is 2.98. The average Bonchev–Trinajstić information content (AvgIpc) is 2.29. The van der Waals surface area contributed by atoms with Gasteiger partial charge in [0.1, 0.15) is 5.82 Å². The number of amides is 1. The Labute approximate surface area is 108 Å². The van der Waals surface area contributed by atoms with Gasteiger partial charge >= 0.3 is 0 Å². The molecular formula is C12H15BrFNO2. The van der Waals surface area contributed by atoms with E-state index in [1.165, 1.54) is 12.1 Å². The van der Waals surface area contributed by atoms with Gasteiger partial charge in [0.25, 0.3) is 5.91 Å². The van der Waals surface area contributed by atoms with Crippen LogP contribution in [0, 0.1) is 5.82 Å². The highest BCUT2D eigenvalue weighted by Gasteiger charge is 2.12. The lowest BCUT2D eigenvalue weighted by Crippen LogP contribution is -2.32. The third kappa shape index (κ3) is 4.44. The first-order valence-corrected chi connectivity index (χ1v) is 6.25. The lowest BCUT2D eigenvalue weighted by molar-refractivity contribution is 0.0909. The van der Waals surface area contributed by atoms with Gasteiger partial charge in [-0.05, 0) is 40.5 Å². The van der Waals surface area contributed by atoms with E-state index in [1.807, 2.05) is 6.92 Å². The lowest BCUT2D eigenvalue weighted by atomic mass is 10.2. The van der Waals surface area contributed by atoms with Crippen LogP contribution in [-0.2, 0) is 0 Å². The molecule has 0 bridgehead atoms. The van der Waals surface area contributed by atoms with Gasteiger partial charge in [-0.3, -0.25) is 4.79 Å². The van der Waals surface area contributed by atoms with Crippen LogP contribution >= 0.6 is 15.9 Å². The Morgan fingerprint density at radius 2 is 2.29 bits per heavy atom. The highest BCUT2D eigenvalue weighted by molar-refractivity contribution is 9.10. The van der Waals surface area contributed by atoms with Crippen LogP contribution in [0.15, 0.2) is 22.7 Å². The van der Waals surface area contributed by atoms with E-state index in [9.17, 15) is 14.3 Å². The van der Waals surface area contributed by atoms with Crippen molar-refractivity contribution in [2.45, 2.75) is 25.9 Å². The van der Waals surface area contributed by atoms with Gasteiger partial charge in [0.15, 0.2) is 0 Å². The Bertz CT molecular complexity index is 398. The normalized spacial score (nSPS) is 12.2. The molecule has 0 fully saturated rings. The first-order valence-electron chi connectivity index (χ1n) is 5.46. The molecule has 0 aliphatic carbocycles. The summed E-state index contributed by atoms with van der Waals surface area (Å²) in [6.07, 6.45) is 0.918. The number of aliphatic hydroxyl groups excluding tert-OH is 1. The Balaban J connectivity index is 2.61. The van der Waals surface area contributed by atoms with E-state index in [0.717, 1.165) is 12.5 Å². The molecule has 0 radical (unpaired) electrons. The molecule has 17 heavy (non-hydrogen) atoms. The second-order valence-corrected chi connectivity index (χ2v) is 4.63. The number of rotatable bonds is 5. The predicted molar refractivity (Wildman–Crippen MR) is 67.3 cm³/mol. The van der Waals surface area contributed by atoms with Crippen molar-refractivity contribution in [3.05, 3.63) is 34.1 Å². The van der Waals surface area contributed by atoms with Gasteiger partial charge in [-0.15, -0.1) is 0 Å². The predicted octanol–water partition coefficient (Wildman–Crippen LogP) is 2.48. The fourth-order valence-corrected chi connectivity index (χ4v) is 1.84. The summed E-state index contributed by atoms with van der Waals surface area (Å²) in [7, 11) is 0. The van der Waals surface area contributed by atoms with Crippen LogP contribution in [-0.4, -0.2) is 23.7 Å². The molecule has 0 aliphatic rings. The first-order chi connectivity index (χ1) is 8.04. The highest BCUT2D eigenvalue weighted by atomic mass is 79.9. The Morgan fingerprint density at radius 1 is 1.59 bits per heavy atom. The standard InChI is InChI=1S/C12H15BrFNO2/c1-2-3-9(16)7-15-12(17)10-6-8(14)4-5-11(10)13/h4-6,9,16H,2-3,7H2,1H3,(H,15,17). The minimum atomic E-state index is -0.559. The van der Waals surface area contributed by atoms with Crippen molar-refractivity contribution in [2.75, 3.05) is 6.54 Å². The van der Waals surface area contributed by atoms with Crippen molar-refractivity contribution in [2.24, 2.45) is 0 Å². The van der Waals surface area contributed by atoms with Gasteiger partial charge in [-0.2, -0.15) is 0 Å². The van der Waals surface area contributed by atoms with Gasteiger partial charge in [0.2, 0.25) is 0 Å². The van der Waals surface area contributed by atoms with E-state index < -0.39 is 17.8 Å². The molecule has 0 heterocycles. The number of carbonyl (C=O) groups is 1. The second-order valence-electron chi connectivity index (χ2n) is 3.78. The van der Waals surface area contributed by atoms with Crippen LogP contribution in [0.2, 0.25) is 0 Å². The quantitative estimate of drug-likeness (QED) is 0.878. The van der Waals surface area contributed by atoms with Crippen LogP contribution in [0.25, 0.3) is 0 Å². The maximum atomic E-state index is 13.0. The largest absolute Gasteiger partial charge is 0.391 e. The molecule has 94 valence electrons. The Kier molecular flexibility index (Phi) is 5.58. The maximum absolute atomic E-state index is 13.0. The smallest absolute Gasteiger partial charge is 0.252 e. The number of benzene rings is 1. The zero-order valence-corrected chi connectivity index (χ0v) is 11.1. The van der Waals surface area contributed by atoms with Crippen molar-refractivity contribution >= 4 is 21.8 Å². The van der Waals surface area contributed by atoms with Crippen LogP contribution in [0.1, 0.15) is 30.1 Å². The zero-order chi connectivity index (χ0) is 12.8. The van der Waals surface area contributed by atoms with E-state index in [2.05, 4.69) is 21.2 Å². The van der Waals surface area contributed by atoms with Gasteiger partial charge in [0.05, 0.1) is 11.7 Å². The van der Waals surface area contributed by atoms with Gasteiger partial charge in [0, 0.05) is 11.0 Å². The molecule has 0 aromatic heterocycles. The molecule has 1 aromatic rings. The topological polar surface area (TPSA) is 49.3 Å². The fraction of sp³-hybridized carbons (Fsp3) is 0.417. The van der Waals surface area contributed by atoms with Crippen molar-refractivity contribution < 1.29 is 14.3 Å². The molecule has 0 spiro atoms. The summed E-state index contributed by atoms with van der Waals surface area (Å²) in [5.41, 5.74) is 0.230. The first kappa shape index (κ1) is 14.1. The summed E-state index contributed by atoms with van der Waals surface area (Å²) in [5.74, 6) is -0.862. The molecule has 0 aliphatic heterocycles. The summed E-state index contributed by atoms with van der Waals surface area (Å²) in [6, 6.07) is 3.91. The fourth-order valence-electron chi connectivity index (χ4n) is 1.41. The van der Waals surface area contributed by atoms with Gasteiger partial charge in [-0.1, -0.05) is 13.3 Å². The second kappa shape index (κ2) is 6.71. The summed E-state index contributed by atoms with van der Waals surface area (Å²) >= 11 is 3.18. The number of hydrogen-bond acceptors (Lipinski definition) is 2. The molecular weight excluding hydrogens is 289 g/mol. The minimum absolute atomic E-state index is 0.176. The van der Waals surface area contributed by atoms with Crippen molar-refractivity contribution in [3.63, 3.8) is 0 Å². The summed E-state index contributed by atoms with van der Waals surface area (Å²) < 4.78 is 13.5. The molecule has 2 N–H and O–H groups in total. The monoisotopic (exact) mass is 303 g/mol. The van der Waals surface area contributed by atoms with E-state index in [-0.39, 0.29) is 12.1 Å². The Hall–Kier alpha value is -0.940. The summed E-state index contributed by atoms with van der Waals surface area (Å²) in [6.45, 7) is 2.13. The van der Waals surface area contributed by atoms with E-state index in [1.54, 1.807) is 0 Å². The molecule has 1 amide bonds. The molecule has 5 heteroatoms. The van der Waals surface area contributed by atoms with Crippen molar-refractivity contribution in [1.82, 2.24) is 5.32 Å². The average molecular weight is 304 g/mol. The maximum Gasteiger partial charge on any atom is 0.252 e. The van der Waals surface area contributed by atoms with E-state index in [4.69, 9.17) is 0 Å². The Morgan fingerprint density at radius 3 is 2.94 bits per heavy atom. The van der Waals surface area contributed by atoms with E-state index >= 15 is 0 Å². The summed E-state index contributed by atoms with van der Waals surface area (Å²) in [4.78, 5) is 11.7. The van der Waals surface area contributed by atoms with Gasteiger partial charge < -0.3 is 10.4 Å². The number of aliphatic hydroxyl groups is 1. The van der Waals surface area contributed by atoms with Crippen molar-refractivity contribution in [1.29, 1.82) is 0 Å². The molecule has 1 unspecified atom stereocenters. The molecule has 1 atom stereocenters. The van der Waals surface area contributed by atoms with Crippen LogP contribution in [0.3, 0.4) is 0 Å². The minimum Gasteiger partial charge on any atom is -0.391 e. The number of halogens is 2. The third-order valence-electron chi connectivity index (χ3n) is 2.29. The summed E-state index contributed by atoms with van der Waals surface area (Å²) in [5, 5.41) is 12.0. The van der Waals surface area contributed by atoms with Crippen LogP contribution in [0.5, 0.6) is 0 Å². The molecule has 3 nitrogen and oxygen atoms in total. The molecule has 0 saturated heterocycles. The van der Waals surface area contributed by atoms with Crippen molar-refractivity contribution in [3.8, 4) is 0 Å². The molecule has 0 saturated carbocycles. The van der Waals surface area contributed by atoms with Crippen LogP contribution in [0.4, 0.5) is 4.39 Å². The van der Waals surface area contributed by atoms with Crippen LogP contribution < -0.4 is 5.32 Å².